The molecular weight excluding hydrogens is 456 g/mol. The molecule has 2 atom stereocenters. The first-order valence-electron chi connectivity index (χ1n) is 10.1. The number of rotatable bonds is 8. The molecule has 1 saturated heterocycles. The molecular formula is C18H26N8O6S. The molecule has 0 saturated carbocycles. The van der Waals surface area contributed by atoms with Crippen LogP contribution in [0.5, 0.6) is 0 Å². The third-order valence-corrected chi connectivity index (χ3v) is 5.41. The molecule has 4 amide bonds. The molecule has 2 heterocycles. The zero-order valence-corrected chi connectivity index (χ0v) is 19.3. The van der Waals surface area contributed by atoms with Gasteiger partial charge in [0.15, 0.2) is 0 Å². The summed E-state index contributed by atoms with van der Waals surface area (Å²) in [5.41, 5.74) is 0.101. The van der Waals surface area contributed by atoms with E-state index in [1.54, 1.807) is 0 Å². The topological polar surface area (TPSA) is 180 Å². The monoisotopic (exact) mass is 482 g/mol. The fourth-order valence-corrected chi connectivity index (χ4v) is 3.94. The molecule has 33 heavy (non-hydrogen) atoms. The molecule has 2 rings (SSSR count). The number of hydrogen-bond donors (Lipinski definition) is 1. The van der Waals surface area contributed by atoms with Crippen LogP contribution >= 0.6 is 0 Å². The van der Waals surface area contributed by atoms with E-state index in [0.29, 0.717) is 11.4 Å². The minimum Gasteiger partial charge on any atom is -0.329 e. The van der Waals surface area contributed by atoms with Crippen molar-refractivity contribution in [2.75, 3.05) is 18.5 Å². The van der Waals surface area contributed by atoms with E-state index in [9.17, 15) is 27.7 Å². The van der Waals surface area contributed by atoms with Crippen molar-refractivity contribution < 1.29 is 22.8 Å². The van der Waals surface area contributed by atoms with Gasteiger partial charge in [-0.2, -0.15) is 22.9 Å². The number of urea groups is 1. The van der Waals surface area contributed by atoms with Crippen molar-refractivity contribution >= 4 is 40.4 Å². The van der Waals surface area contributed by atoms with Crippen molar-refractivity contribution in [3.05, 3.63) is 23.4 Å². The Kier molecular flexibility index (Phi) is 8.78. The van der Waals surface area contributed by atoms with Crippen LogP contribution in [0.2, 0.25) is 0 Å². The van der Waals surface area contributed by atoms with E-state index in [-0.39, 0.29) is 31.0 Å². The second kappa shape index (κ2) is 11.3. The van der Waals surface area contributed by atoms with Gasteiger partial charge >= 0.3 is 16.5 Å². The van der Waals surface area contributed by atoms with Crippen LogP contribution in [0.3, 0.4) is 0 Å². The first kappa shape index (κ1) is 25.6. The lowest BCUT2D eigenvalue weighted by Gasteiger charge is -2.30. The quantitative estimate of drug-likeness (QED) is 0.187. The molecule has 0 aromatic carbocycles. The Morgan fingerprint density at radius 1 is 1.33 bits per heavy atom. The maximum absolute atomic E-state index is 13.5. The SMILES string of the molecule is CC(C)CC(N=S(=O)=O)C(=O)N1CCC[C@H]1C(=O)N(C(=O)N(C)N=O)c1ccn(C=NN)c1. The van der Waals surface area contributed by atoms with Crippen molar-refractivity contribution in [2.24, 2.45) is 26.5 Å². The highest BCUT2D eigenvalue weighted by Crippen LogP contribution is 2.26. The molecule has 0 spiro atoms. The Morgan fingerprint density at radius 2 is 2.03 bits per heavy atom. The summed E-state index contributed by atoms with van der Waals surface area (Å²) in [4.78, 5) is 52.3. The van der Waals surface area contributed by atoms with Crippen molar-refractivity contribution in [2.45, 2.75) is 45.2 Å². The van der Waals surface area contributed by atoms with E-state index in [2.05, 4.69) is 14.7 Å². The van der Waals surface area contributed by atoms with E-state index >= 15 is 0 Å². The van der Waals surface area contributed by atoms with Crippen LogP contribution in [-0.2, 0) is 20.1 Å². The molecule has 1 fully saturated rings. The molecule has 0 radical (unpaired) electrons. The molecule has 1 aromatic heterocycles. The summed E-state index contributed by atoms with van der Waals surface area (Å²) < 4.78 is 27.2. The first-order chi connectivity index (χ1) is 15.6. The Bertz CT molecular complexity index is 1060. The second-order valence-electron chi connectivity index (χ2n) is 7.80. The van der Waals surface area contributed by atoms with Gasteiger partial charge in [0.1, 0.15) is 18.4 Å². The zero-order chi connectivity index (χ0) is 24.7. The maximum atomic E-state index is 13.5. The summed E-state index contributed by atoms with van der Waals surface area (Å²) >= 11 is 0. The summed E-state index contributed by atoms with van der Waals surface area (Å²) in [6.07, 6.45) is 4.96. The summed E-state index contributed by atoms with van der Waals surface area (Å²) in [6.45, 7) is 3.82. The standard InChI is InChI=1S/C18H26N8O6S/c1-12(2)9-14(21-33(31)32)16(27)25-7-4-5-15(25)17(28)26(18(29)23(3)22-30)13-6-8-24(10-13)11-20-19/h6,8,10-12,14-15H,4-5,7,9,19H2,1-3H3/t14?,15-/m0/s1. The van der Waals surface area contributed by atoms with Gasteiger partial charge in [0.2, 0.25) is 5.91 Å². The number of amides is 4. The number of hydrazone groups is 1. The summed E-state index contributed by atoms with van der Waals surface area (Å²) in [5.74, 6) is 3.70. The lowest BCUT2D eigenvalue weighted by molar-refractivity contribution is -0.138. The molecule has 1 aliphatic heterocycles. The average Bonchev–Trinajstić information content (AvgIpc) is 3.41. The molecule has 1 aromatic rings. The Labute approximate surface area is 191 Å². The van der Waals surface area contributed by atoms with Crippen LogP contribution in [0.25, 0.3) is 0 Å². The van der Waals surface area contributed by atoms with Gasteiger partial charge < -0.3 is 15.3 Å². The van der Waals surface area contributed by atoms with Crippen molar-refractivity contribution in [1.29, 1.82) is 0 Å². The Hall–Kier alpha value is -3.62. The predicted octanol–water partition coefficient (Wildman–Crippen LogP) is 0.773. The fraction of sp³-hybridized carbons (Fsp3) is 0.556. The summed E-state index contributed by atoms with van der Waals surface area (Å²) in [6, 6.07) is -1.84. The van der Waals surface area contributed by atoms with Crippen molar-refractivity contribution in [3.63, 3.8) is 0 Å². The number of nitrogens with two attached hydrogens (primary N) is 1. The minimum absolute atomic E-state index is 0.0302. The smallest absolute Gasteiger partial charge is 0.329 e. The van der Waals surface area contributed by atoms with Gasteiger partial charge in [0.25, 0.3) is 5.91 Å². The normalized spacial score (nSPS) is 16.6. The molecule has 180 valence electrons. The van der Waals surface area contributed by atoms with Crippen LogP contribution < -0.4 is 10.7 Å². The fourth-order valence-electron chi connectivity index (χ4n) is 3.56. The van der Waals surface area contributed by atoms with Crippen LogP contribution in [0.1, 0.15) is 33.1 Å². The van der Waals surface area contributed by atoms with Gasteiger partial charge in [-0.1, -0.05) is 13.8 Å². The number of carbonyl (C=O) groups is 3. The van der Waals surface area contributed by atoms with E-state index in [1.165, 1.54) is 34.3 Å². The molecule has 1 unspecified atom stereocenters. The highest BCUT2D eigenvalue weighted by atomic mass is 32.2. The number of aromatic nitrogens is 1. The predicted molar refractivity (Wildman–Crippen MR) is 118 cm³/mol. The van der Waals surface area contributed by atoms with E-state index < -0.39 is 40.4 Å². The lowest BCUT2D eigenvalue weighted by Crippen LogP contribution is -2.53. The molecule has 14 nitrogen and oxygen atoms in total. The summed E-state index contributed by atoms with van der Waals surface area (Å²) in [7, 11) is -1.72. The number of imide groups is 1. The van der Waals surface area contributed by atoms with Gasteiger partial charge in [-0.05, 0) is 31.2 Å². The maximum Gasteiger partial charge on any atom is 0.354 e. The third-order valence-electron chi connectivity index (χ3n) is 4.98. The van der Waals surface area contributed by atoms with Crippen LogP contribution in [0, 0.1) is 10.8 Å². The highest BCUT2D eigenvalue weighted by molar-refractivity contribution is 7.61. The molecule has 0 aliphatic carbocycles. The van der Waals surface area contributed by atoms with E-state index in [4.69, 9.17) is 5.84 Å². The van der Waals surface area contributed by atoms with Crippen LogP contribution in [-0.4, -0.2) is 72.8 Å². The Morgan fingerprint density at radius 3 is 2.61 bits per heavy atom. The van der Waals surface area contributed by atoms with Gasteiger partial charge in [-0.25, -0.2) is 9.69 Å². The number of nitrogens with zero attached hydrogens (tertiary/aromatic N) is 7. The number of nitroso groups, excluding NO2 is 1. The van der Waals surface area contributed by atoms with Gasteiger partial charge in [0.05, 0.1) is 11.0 Å². The van der Waals surface area contributed by atoms with Crippen molar-refractivity contribution in [3.8, 4) is 0 Å². The van der Waals surface area contributed by atoms with E-state index in [1.807, 2.05) is 13.8 Å². The van der Waals surface area contributed by atoms with Crippen LogP contribution in [0.4, 0.5) is 10.5 Å². The third kappa shape index (κ3) is 6.21. The van der Waals surface area contributed by atoms with E-state index in [0.717, 1.165) is 11.9 Å². The molecule has 15 heteroatoms. The Balaban J connectivity index is 2.42. The van der Waals surface area contributed by atoms with Gasteiger partial charge in [-0.3, -0.25) is 9.59 Å². The van der Waals surface area contributed by atoms with Gasteiger partial charge in [0, 0.05) is 26.0 Å². The van der Waals surface area contributed by atoms with Crippen molar-refractivity contribution in [1.82, 2.24) is 14.5 Å². The molecule has 0 bridgehead atoms. The highest BCUT2D eigenvalue weighted by Gasteiger charge is 2.42. The zero-order valence-electron chi connectivity index (χ0n) is 18.4. The lowest BCUT2D eigenvalue weighted by atomic mass is 10.0. The largest absolute Gasteiger partial charge is 0.354 e. The first-order valence-corrected chi connectivity index (χ1v) is 11.1. The number of anilines is 1. The average molecular weight is 483 g/mol. The number of likely N-dealkylation sites (tertiary alicyclic amines) is 1. The van der Waals surface area contributed by atoms with Gasteiger partial charge in [-0.15, -0.1) is 4.91 Å². The summed E-state index contributed by atoms with van der Waals surface area (Å²) in [5, 5.41) is 6.36. The van der Waals surface area contributed by atoms with Crippen LogP contribution in [0.15, 0.2) is 33.2 Å². The number of hydrogen-bond acceptors (Lipinski definition) is 10. The second-order valence-corrected chi connectivity index (χ2v) is 8.45. The molecule has 2 N–H and O–H groups in total. The number of carbonyl (C=O) groups excluding carboxylic acids is 3. The minimum atomic E-state index is -2.81. The molecule has 1 aliphatic rings.